The van der Waals surface area contributed by atoms with Gasteiger partial charge in [0.05, 0.1) is 6.10 Å². The number of rotatable bonds is 3. The van der Waals surface area contributed by atoms with Gasteiger partial charge in [-0.2, -0.15) is 0 Å². The van der Waals surface area contributed by atoms with Crippen molar-refractivity contribution in [2.75, 3.05) is 0 Å². The van der Waals surface area contributed by atoms with E-state index in [9.17, 15) is 9.50 Å². The van der Waals surface area contributed by atoms with Crippen molar-refractivity contribution in [3.8, 4) is 0 Å². The monoisotopic (exact) mass is 225 g/mol. The van der Waals surface area contributed by atoms with Gasteiger partial charge in [0, 0.05) is 6.04 Å². The van der Waals surface area contributed by atoms with E-state index in [1.165, 1.54) is 12.1 Å². The second-order valence-corrected chi connectivity index (χ2v) is 5.28. The molecule has 2 nitrogen and oxygen atoms in total. The van der Waals surface area contributed by atoms with Crippen molar-refractivity contribution in [2.45, 2.75) is 39.3 Å². The van der Waals surface area contributed by atoms with Crippen molar-refractivity contribution in [1.82, 2.24) is 0 Å². The van der Waals surface area contributed by atoms with E-state index in [0.29, 0.717) is 12.0 Å². The van der Waals surface area contributed by atoms with Gasteiger partial charge in [0.1, 0.15) is 5.82 Å². The van der Waals surface area contributed by atoms with E-state index in [1.807, 2.05) is 20.8 Å². The first kappa shape index (κ1) is 13.1. The average molecular weight is 225 g/mol. The van der Waals surface area contributed by atoms with Crippen LogP contribution in [0.1, 0.15) is 38.9 Å². The van der Waals surface area contributed by atoms with E-state index in [-0.39, 0.29) is 17.3 Å². The summed E-state index contributed by atoms with van der Waals surface area (Å²) in [5.74, 6) is -0.295. The molecular formula is C13H20FNO. The second kappa shape index (κ2) is 4.93. The molecule has 0 aliphatic carbocycles. The SMILES string of the molecule is CC(C)(C)[C@@H](N)C[C@@H](O)c1ccc(F)cc1. The maximum absolute atomic E-state index is 12.7. The van der Waals surface area contributed by atoms with E-state index < -0.39 is 6.10 Å². The molecule has 2 atom stereocenters. The van der Waals surface area contributed by atoms with Gasteiger partial charge in [0.25, 0.3) is 0 Å². The van der Waals surface area contributed by atoms with Gasteiger partial charge in [-0.3, -0.25) is 0 Å². The molecule has 0 aromatic heterocycles. The molecule has 1 aromatic carbocycles. The van der Waals surface area contributed by atoms with Gasteiger partial charge in [-0.05, 0) is 29.5 Å². The fraction of sp³-hybridized carbons (Fsp3) is 0.538. The van der Waals surface area contributed by atoms with Crippen LogP contribution in [-0.2, 0) is 0 Å². The lowest BCUT2D eigenvalue weighted by Crippen LogP contribution is -2.36. The Labute approximate surface area is 96.3 Å². The number of nitrogens with two attached hydrogens (primary N) is 1. The summed E-state index contributed by atoms with van der Waals surface area (Å²) in [5.41, 5.74) is 6.65. The van der Waals surface area contributed by atoms with Crippen LogP contribution in [0.25, 0.3) is 0 Å². The Bertz CT molecular complexity index is 329. The third kappa shape index (κ3) is 3.58. The summed E-state index contributed by atoms with van der Waals surface area (Å²) in [6.07, 6.45) is -0.149. The van der Waals surface area contributed by atoms with Gasteiger partial charge in [0.2, 0.25) is 0 Å². The molecule has 1 rings (SSSR count). The van der Waals surface area contributed by atoms with Crippen LogP contribution >= 0.6 is 0 Å². The molecule has 0 unspecified atom stereocenters. The molecule has 0 heterocycles. The standard InChI is InChI=1S/C13H20FNO/c1-13(2,3)12(15)8-11(16)9-4-6-10(14)7-5-9/h4-7,11-12,16H,8,15H2,1-3H3/t11-,12+/m1/s1. The van der Waals surface area contributed by atoms with Crippen LogP contribution in [0.4, 0.5) is 4.39 Å². The molecule has 90 valence electrons. The summed E-state index contributed by atoms with van der Waals surface area (Å²) in [6, 6.07) is 5.79. The van der Waals surface area contributed by atoms with Gasteiger partial charge in [-0.1, -0.05) is 32.9 Å². The smallest absolute Gasteiger partial charge is 0.123 e. The molecular weight excluding hydrogens is 205 g/mol. The summed E-state index contributed by atoms with van der Waals surface area (Å²) in [4.78, 5) is 0. The fourth-order valence-corrected chi connectivity index (χ4v) is 1.42. The van der Waals surface area contributed by atoms with Gasteiger partial charge in [-0.25, -0.2) is 4.39 Å². The number of aliphatic hydroxyl groups is 1. The molecule has 1 aromatic rings. The van der Waals surface area contributed by atoms with Crippen molar-refractivity contribution >= 4 is 0 Å². The number of hydrogen-bond acceptors (Lipinski definition) is 2. The fourth-order valence-electron chi connectivity index (χ4n) is 1.42. The number of aliphatic hydroxyl groups excluding tert-OH is 1. The predicted molar refractivity (Wildman–Crippen MR) is 63.4 cm³/mol. The lowest BCUT2D eigenvalue weighted by molar-refractivity contribution is 0.133. The maximum atomic E-state index is 12.7. The zero-order valence-corrected chi connectivity index (χ0v) is 10.1. The average Bonchev–Trinajstić information content (AvgIpc) is 2.17. The molecule has 0 amide bonds. The van der Waals surface area contributed by atoms with Gasteiger partial charge in [-0.15, -0.1) is 0 Å². The van der Waals surface area contributed by atoms with Crippen LogP contribution in [0.5, 0.6) is 0 Å². The lowest BCUT2D eigenvalue weighted by Gasteiger charge is -2.28. The van der Waals surface area contributed by atoms with E-state index in [1.54, 1.807) is 12.1 Å². The second-order valence-electron chi connectivity index (χ2n) is 5.28. The minimum Gasteiger partial charge on any atom is -0.388 e. The van der Waals surface area contributed by atoms with Crippen molar-refractivity contribution in [3.63, 3.8) is 0 Å². The third-order valence-electron chi connectivity index (χ3n) is 2.84. The largest absolute Gasteiger partial charge is 0.388 e. The Morgan fingerprint density at radius 3 is 2.19 bits per heavy atom. The molecule has 0 aliphatic rings. The van der Waals surface area contributed by atoms with Gasteiger partial charge < -0.3 is 10.8 Å². The Morgan fingerprint density at radius 2 is 1.75 bits per heavy atom. The van der Waals surface area contributed by atoms with Crippen LogP contribution in [0.3, 0.4) is 0 Å². The minimum absolute atomic E-state index is 0.0407. The summed E-state index contributed by atoms with van der Waals surface area (Å²) in [7, 11) is 0. The zero-order chi connectivity index (χ0) is 12.3. The van der Waals surface area contributed by atoms with E-state index in [0.717, 1.165) is 0 Å². The summed E-state index contributed by atoms with van der Waals surface area (Å²) in [6.45, 7) is 6.11. The van der Waals surface area contributed by atoms with Crippen LogP contribution in [0.15, 0.2) is 24.3 Å². The Kier molecular flexibility index (Phi) is 4.05. The number of hydrogen-bond donors (Lipinski definition) is 2. The Morgan fingerprint density at radius 1 is 1.25 bits per heavy atom. The zero-order valence-electron chi connectivity index (χ0n) is 10.1. The van der Waals surface area contributed by atoms with E-state index in [4.69, 9.17) is 5.73 Å². The molecule has 0 radical (unpaired) electrons. The summed E-state index contributed by atoms with van der Waals surface area (Å²) in [5, 5.41) is 9.94. The van der Waals surface area contributed by atoms with E-state index >= 15 is 0 Å². The molecule has 0 saturated carbocycles. The summed E-state index contributed by atoms with van der Waals surface area (Å²) >= 11 is 0. The van der Waals surface area contributed by atoms with Gasteiger partial charge in [0.15, 0.2) is 0 Å². The number of benzene rings is 1. The highest BCUT2D eigenvalue weighted by molar-refractivity contribution is 5.18. The Hall–Kier alpha value is -0.930. The maximum Gasteiger partial charge on any atom is 0.123 e. The normalized spacial score (nSPS) is 15.9. The van der Waals surface area contributed by atoms with Crippen LogP contribution in [0.2, 0.25) is 0 Å². The Balaban J connectivity index is 2.65. The predicted octanol–water partition coefficient (Wildman–Crippen LogP) is 2.62. The van der Waals surface area contributed by atoms with Crippen molar-refractivity contribution in [1.29, 1.82) is 0 Å². The summed E-state index contributed by atoms with van der Waals surface area (Å²) < 4.78 is 12.7. The molecule has 3 N–H and O–H groups in total. The highest BCUT2D eigenvalue weighted by Crippen LogP contribution is 2.26. The molecule has 0 spiro atoms. The lowest BCUT2D eigenvalue weighted by atomic mass is 9.83. The topological polar surface area (TPSA) is 46.2 Å². The quantitative estimate of drug-likeness (QED) is 0.830. The number of halogens is 1. The van der Waals surface area contributed by atoms with Crippen LogP contribution in [0, 0.1) is 11.2 Å². The molecule has 3 heteroatoms. The van der Waals surface area contributed by atoms with Crippen molar-refractivity contribution in [3.05, 3.63) is 35.6 Å². The first-order valence-electron chi connectivity index (χ1n) is 5.50. The molecule has 0 fully saturated rings. The molecule has 16 heavy (non-hydrogen) atoms. The third-order valence-corrected chi connectivity index (χ3v) is 2.84. The first-order chi connectivity index (χ1) is 7.30. The van der Waals surface area contributed by atoms with Crippen LogP contribution in [-0.4, -0.2) is 11.1 Å². The van der Waals surface area contributed by atoms with Gasteiger partial charge >= 0.3 is 0 Å². The first-order valence-corrected chi connectivity index (χ1v) is 5.50. The minimum atomic E-state index is -0.630. The van der Waals surface area contributed by atoms with E-state index in [2.05, 4.69) is 0 Å². The van der Waals surface area contributed by atoms with Crippen LogP contribution < -0.4 is 5.73 Å². The molecule has 0 aliphatic heterocycles. The molecule has 0 saturated heterocycles. The van der Waals surface area contributed by atoms with Crippen molar-refractivity contribution in [2.24, 2.45) is 11.1 Å². The highest BCUT2D eigenvalue weighted by Gasteiger charge is 2.23. The molecule has 0 bridgehead atoms. The van der Waals surface area contributed by atoms with Crippen molar-refractivity contribution < 1.29 is 9.50 Å². The highest BCUT2D eigenvalue weighted by atomic mass is 19.1.